The highest BCUT2D eigenvalue weighted by Gasteiger charge is 2.16. The van der Waals surface area contributed by atoms with Gasteiger partial charge in [0.15, 0.2) is 6.61 Å². The molecule has 0 bridgehead atoms. The van der Waals surface area contributed by atoms with Crippen molar-refractivity contribution in [1.29, 1.82) is 0 Å². The van der Waals surface area contributed by atoms with Gasteiger partial charge in [-0.25, -0.2) is 18.0 Å². The quantitative estimate of drug-likeness (QED) is 0.623. The summed E-state index contributed by atoms with van der Waals surface area (Å²) < 4.78 is 32.0. The first kappa shape index (κ1) is 20.9. The monoisotopic (exact) mass is 405 g/mol. The third-order valence-electron chi connectivity index (χ3n) is 3.52. The van der Waals surface area contributed by atoms with Gasteiger partial charge >= 0.3 is 12.0 Å². The summed E-state index contributed by atoms with van der Waals surface area (Å²) in [7, 11) is -2.49. The summed E-state index contributed by atoms with van der Waals surface area (Å²) in [5, 5.41) is 4.12. The van der Waals surface area contributed by atoms with E-state index in [2.05, 4.69) is 10.0 Å². The number of ether oxygens (including phenoxy) is 1. The summed E-state index contributed by atoms with van der Waals surface area (Å²) >= 11 is 0. The van der Waals surface area contributed by atoms with Crippen LogP contribution in [-0.4, -0.2) is 40.0 Å². The zero-order chi connectivity index (χ0) is 20.7. The Labute approximate surface area is 162 Å². The van der Waals surface area contributed by atoms with Crippen LogP contribution in [0, 0.1) is 6.92 Å². The van der Waals surface area contributed by atoms with Crippen molar-refractivity contribution in [2.45, 2.75) is 11.8 Å². The van der Waals surface area contributed by atoms with E-state index in [1.54, 1.807) is 24.3 Å². The van der Waals surface area contributed by atoms with Gasteiger partial charge in [-0.05, 0) is 43.3 Å². The second-order valence-electron chi connectivity index (χ2n) is 5.70. The van der Waals surface area contributed by atoms with Gasteiger partial charge in [0.2, 0.25) is 0 Å². The van der Waals surface area contributed by atoms with Crippen molar-refractivity contribution in [2.75, 3.05) is 18.4 Å². The standard InChI is InChI=1S/C18H19N3O6S/c1-12-3-7-14(8-4-12)21-28(25,26)15-9-5-13(6-10-15)17(23)27-11-16(22)20-18(24)19-2/h3-10,21H,11H2,1-2H3,(H2,19,20,22,24). The number of carbonyl (C=O) groups is 3. The number of hydrogen-bond acceptors (Lipinski definition) is 6. The molecule has 2 aromatic carbocycles. The summed E-state index contributed by atoms with van der Waals surface area (Å²) in [5.41, 5.74) is 1.47. The molecule has 2 aromatic rings. The van der Waals surface area contributed by atoms with Crippen LogP contribution in [0.25, 0.3) is 0 Å². The van der Waals surface area contributed by atoms with E-state index >= 15 is 0 Å². The molecule has 0 aliphatic carbocycles. The molecule has 0 saturated carbocycles. The first-order valence-electron chi connectivity index (χ1n) is 8.09. The van der Waals surface area contributed by atoms with Crippen LogP contribution in [0.5, 0.6) is 0 Å². The lowest BCUT2D eigenvalue weighted by molar-refractivity contribution is -0.123. The van der Waals surface area contributed by atoms with E-state index < -0.39 is 34.5 Å². The van der Waals surface area contributed by atoms with E-state index in [0.29, 0.717) is 5.69 Å². The van der Waals surface area contributed by atoms with Gasteiger partial charge in [0.25, 0.3) is 15.9 Å². The van der Waals surface area contributed by atoms with E-state index in [0.717, 1.165) is 5.56 Å². The highest BCUT2D eigenvalue weighted by molar-refractivity contribution is 7.92. The smallest absolute Gasteiger partial charge is 0.338 e. The van der Waals surface area contributed by atoms with Gasteiger partial charge in [0.05, 0.1) is 10.5 Å². The largest absolute Gasteiger partial charge is 0.452 e. The second kappa shape index (κ2) is 9.00. The number of aryl methyl sites for hydroxylation is 1. The molecule has 28 heavy (non-hydrogen) atoms. The fraction of sp³-hybridized carbons (Fsp3) is 0.167. The maximum absolute atomic E-state index is 12.4. The second-order valence-corrected chi connectivity index (χ2v) is 7.38. The number of nitrogens with one attached hydrogen (secondary N) is 3. The number of hydrogen-bond donors (Lipinski definition) is 3. The van der Waals surface area contributed by atoms with Crippen LogP contribution in [0.1, 0.15) is 15.9 Å². The fourth-order valence-corrected chi connectivity index (χ4v) is 3.10. The van der Waals surface area contributed by atoms with Gasteiger partial charge in [-0.2, -0.15) is 0 Å². The average Bonchev–Trinajstić information content (AvgIpc) is 2.67. The minimum Gasteiger partial charge on any atom is -0.452 e. The zero-order valence-electron chi connectivity index (χ0n) is 15.2. The number of sulfonamides is 1. The molecule has 148 valence electrons. The molecule has 0 aliphatic heterocycles. The summed E-state index contributed by atoms with van der Waals surface area (Å²) in [5.74, 6) is -1.63. The SMILES string of the molecule is CNC(=O)NC(=O)COC(=O)c1ccc(S(=O)(=O)Nc2ccc(C)cc2)cc1. The molecule has 0 radical (unpaired) electrons. The van der Waals surface area contributed by atoms with E-state index in [1.807, 2.05) is 12.2 Å². The summed E-state index contributed by atoms with van der Waals surface area (Å²) in [6, 6.07) is 11.1. The van der Waals surface area contributed by atoms with E-state index in [-0.39, 0.29) is 10.5 Å². The molecule has 10 heteroatoms. The Hall–Kier alpha value is -3.40. The van der Waals surface area contributed by atoms with Crippen LogP contribution in [-0.2, 0) is 19.6 Å². The third kappa shape index (κ3) is 5.81. The minimum atomic E-state index is -3.82. The van der Waals surface area contributed by atoms with Crippen molar-refractivity contribution in [1.82, 2.24) is 10.6 Å². The summed E-state index contributed by atoms with van der Waals surface area (Å²) in [6.45, 7) is 1.24. The zero-order valence-corrected chi connectivity index (χ0v) is 16.0. The first-order valence-corrected chi connectivity index (χ1v) is 9.58. The van der Waals surface area contributed by atoms with Gasteiger partial charge in [-0.1, -0.05) is 17.7 Å². The van der Waals surface area contributed by atoms with Crippen molar-refractivity contribution in [3.63, 3.8) is 0 Å². The highest BCUT2D eigenvalue weighted by Crippen LogP contribution is 2.17. The molecule has 3 amide bonds. The fourth-order valence-electron chi connectivity index (χ4n) is 2.05. The van der Waals surface area contributed by atoms with Crippen molar-refractivity contribution < 1.29 is 27.5 Å². The van der Waals surface area contributed by atoms with Crippen molar-refractivity contribution in [3.8, 4) is 0 Å². The number of anilines is 1. The highest BCUT2D eigenvalue weighted by atomic mass is 32.2. The normalized spacial score (nSPS) is 10.6. The molecular weight excluding hydrogens is 386 g/mol. The average molecular weight is 405 g/mol. The molecule has 2 rings (SSSR count). The summed E-state index contributed by atoms with van der Waals surface area (Å²) in [4.78, 5) is 34.2. The third-order valence-corrected chi connectivity index (χ3v) is 4.92. The number of rotatable bonds is 6. The van der Waals surface area contributed by atoms with Gasteiger partial charge < -0.3 is 10.1 Å². The molecule has 0 atom stereocenters. The van der Waals surface area contributed by atoms with Crippen LogP contribution in [0.15, 0.2) is 53.4 Å². The van der Waals surface area contributed by atoms with E-state index in [9.17, 15) is 22.8 Å². The van der Waals surface area contributed by atoms with Crippen LogP contribution >= 0.6 is 0 Å². The molecule has 0 saturated heterocycles. The Kier molecular flexibility index (Phi) is 6.72. The number of esters is 1. The number of imide groups is 1. The molecule has 0 fully saturated rings. The van der Waals surface area contributed by atoms with Crippen LogP contribution < -0.4 is 15.4 Å². The minimum absolute atomic E-state index is 0.0398. The lowest BCUT2D eigenvalue weighted by atomic mass is 10.2. The predicted molar refractivity (Wildman–Crippen MR) is 101 cm³/mol. The predicted octanol–water partition coefficient (Wildman–Crippen LogP) is 1.41. The molecule has 3 N–H and O–H groups in total. The number of urea groups is 1. The molecule has 0 heterocycles. The van der Waals surface area contributed by atoms with Gasteiger partial charge in [-0.15, -0.1) is 0 Å². The van der Waals surface area contributed by atoms with Crippen molar-refractivity contribution in [3.05, 3.63) is 59.7 Å². The van der Waals surface area contributed by atoms with Crippen LogP contribution in [0.2, 0.25) is 0 Å². The Morgan fingerprint density at radius 2 is 1.57 bits per heavy atom. The number of amides is 3. The Morgan fingerprint density at radius 1 is 0.964 bits per heavy atom. The Morgan fingerprint density at radius 3 is 2.14 bits per heavy atom. The molecule has 0 spiro atoms. The first-order chi connectivity index (χ1) is 13.2. The molecular formula is C18H19N3O6S. The summed E-state index contributed by atoms with van der Waals surface area (Å²) in [6.07, 6.45) is 0. The van der Waals surface area contributed by atoms with E-state index in [1.165, 1.54) is 31.3 Å². The topological polar surface area (TPSA) is 131 Å². The van der Waals surface area contributed by atoms with Crippen molar-refractivity contribution >= 4 is 33.6 Å². The van der Waals surface area contributed by atoms with Gasteiger partial charge in [0.1, 0.15) is 0 Å². The maximum Gasteiger partial charge on any atom is 0.338 e. The number of carbonyl (C=O) groups excluding carboxylic acids is 3. The van der Waals surface area contributed by atoms with Crippen LogP contribution in [0.3, 0.4) is 0 Å². The molecule has 9 nitrogen and oxygen atoms in total. The van der Waals surface area contributed by atoms with Crippen LogP contribution in [0.4, 0.5) is 10.5 Å². The molecule has 0 aliphatic rings. The van der Waals surface area contributed by atoms with Gasteiger partial charge in [-0.3, -0.25) is 14.8 Å². The Bertz CT molecular complexity index is 969. The number of benzene rings is 2. The lowest BCUT2D eigenvalue weighted by Gasteiger charge is -2.09. The molecule has 0 aromatic heterocycles. The Balaban J connectivity index is 1.99. The van der Waals surface area contributed by atoms with Crippen molar-refractivity contribution in [2.24, 2.45) is 0 Å². The van der Waals surface area contributed by atoms with Gasteiger partial charge in [0, 0.05) is 12.7 Å². The van der Waals surface area contributed by atoms with E-state index in [4.69, 9.17) is 4.74 Å². The lowest BCUT2D eigenvalue weighted by Crippen LogP contribution is -2.39. The maximum atomic E-state index is 12.4. The molecule has 0 unspecified atom stereocenters.